The Morgan fingerprint density at radius 2 is 1.70 bits per heavy atom. The lowest BCUT2D eigenvalue weighted by atomic mass is 10.1. The fourth-order valence-electron chi connectivity index (χ4n) is 2.38. The minimum Gasteiger partial charge on any atom is -0.333 e. The molecule has 2 amide bonds. The van der Waals surface area contributed by atoms with Gasteiger partial charge < -0.3 is 10.2 Å². The number of rotatable bonds is 5. The summed E-state index contributed by atoms with van der Waals surface area (Å²) in [5.74, 6) is -1.15. The van der Waals surface area contributed by atoms with Crippen molar-refractivity contribution in [3.63, 3.8) is 0 Å². The third-order valence-electron chi connectivity index (χ3n) is 3.86. The summed E-state index contributed by atoms with van der Waals surface area (Å²) < 4.78 is 38.9. The summed E-state index contributed by atoms with van der Waals surface area (Å²) in [7, 11) is 1.40. The van der Waals surface area contributed by atoms with Crippen molar-refractivity contribution in [1.82, 2.24) is 4.90 Å². The molecule has 142 valence electrons. The zero-order valence-corrected chi connectivity index (χ0v) is 14.9. The molecule has 0 saturated carbocycles. The second-order valence-corrected chi connectivity index (χ2v) is 5.98. The van der Waals surface area contributed by atoms with E-state index in [1.54, 1.807) is 6.08 Å². The van der Waals surface area contributed by atoms with E-state index in [-0.39, 0.29) is 12.2 Å². The molecule has 0 unspecified atom stereocenters. The number of aryl methyl sites for hydroxylation is 1. The van der Waals surface area contributed by atoms with Crippen molar-refractivity contribution >= 4 is 23.6 Å². The quantitative estimate of drug-likeness (QED) is 0.798. The van der Waals surface area contributed by atoms with Crippen molar-refractivity contribution in [3.05, 3.63) is 71.3 Å². The number of amides is 2. The number of likely N-dealkylation sites (N-methyl/N-ethyl adjacent to an activating group) is 1. The van der Waals surface area contributed by atoms with E-state index in [2.05, 4.69) is 5.32 Å². The number of nitrogens with zero attached hydrogens (tertiary/aromatic N) is 1. The molecule has 0 aliphatic rings. The minimum absolute atomic E-state index is 0.341. The first-order chi connectivity index (χ1) is 12.7. The van der Waals surface area contributed by atoms with Crippen molar-refractivity contribution in [3.8, 4) is 0 Å². The van der Waals surface area contributed by atoms with Gasteiger partial charge in [0.2, 0.25) is 11.8 Å². The molecule has 7 heteroatoms. The maximum absolute atomic E-state index is 13.0. The van der Waals surface area contributed by atoms with Crippen LogP contribution in [0.2, 0.25) is 0 Å². The molecule has 2 aromatic rings. The third-order valence-corrected chi connectivity index (χ3v) is 3.86. The van der Waals surface area contributed by atoms with Gasteiger partial charge in [0.25, 0.3) is 0 Å². The monoisotopic (exact) mass is 376 g/mol. The van der Waals surface area contributed by atoms with Gasteiger partial charge in [-0.15, -0.1) is 0 Å². The SMILES string of the molecule is Cc1ccccc1/C=C/C(=O)N(C)CC(=O)Nc1ccccc1C(F)(F)F. The number of carbonyl (C=O) groups is 2. The van der Waals surface area contributed by atoms with E-state index in [0.717, 1.165) is 22.1 Å². The number of hydrogen-bond donors (Lipinski definition) is 1. The van der Waals surface area contributed by atoms with Crippen molar-refractivity contribution in [2.45, 2.75) is 13.1 Å². The van der Waals surface area contributed by atoms with Crippen LogP contribution in [0.5, 0.6) is 0 Å². The normalized spacial score (nSPS) is 11.4. The van der Waals surface area contributed by atoms with Crippen molar-refractivity contribution < 1.29 is 22.8 Å². The fourth-order valence-corrected chi connectivity index (χ4v) is 2.38. The van der Waals surface area contributed by atoms with E-state index >= 15 is 0 Å². The van der Waals surface area contributed by atoms with Crippen LogP contribution >= 0.6 is 0 Å². The summed E-state index contributed by atoms with van der Waals surface area (Å²) >= 11 is 0. The van der Waals surface area contributed by atoms with E-state index in [4.69, 9.17) is 0 Å². The second-order valence-electron chi connectivity index (χ2n) is 5.98. The van der Waals surface area contributed by atoms with Crippen molar-refractivity contribution in [2.24, 2.45) is 0 Å². The molecule has 2 aromatic carbocycles. The Hall–Kier alpha value is -3.09. The highest BCUT2D eigenvalue weighted by molar-refractivity contribution is 5.98. The molecule has 4 nitrogen and oxygen atoms in total. The number of alkyl halides is 3. The maximum Gasteiger partial charge on any atom is 0.418 e. The van der Waals surface area contributed by atoms with Crippen molar-refractivity contribution in [1.29, 1.82) is 0 Å². The van der Waals surface area contributed by atoms with Crippen LogP contribution in [0.4, 0.5) is 18.9 Å². The van der Waals surface area contributed by atoms with Crippen LogP contribution in [-0.2, 0) is 15.8 Å². The third kappa shape index (κ3) is 5.70. The highest BCUT2D eigenvalue weighted by Gasteiger charge is 2.33. The van der Waals surface area contributed by atoms with E-state index in [0.29, 0.717) is 0 Å². The van der Waals surface area contributed by atoms with Crippen LogP contribution in [0, 0.1) is 6.92 Å². The highest BCUT2D eigenvalue weighted by atomic mass is 19.4. The standard InChI is InChI=1S/C20H19F3N2O2/c1-14-7-3-4-8-15(14)11-12-19(27)25(2)13-18(26)24-17-10-6-5-9-16(17)20(21,22)23/h3-12H,13H2,1-2H3,(H,24,26)/b12-11+. The molecule has 0 atom stereocenters. The molecule has 0 saturated heterocycles. The predicted octanol–water partition coefficient (Wildman–Crippen LogP) is 4.12. The number of benzene rings is 2. The van der Waals surface area contributed by atoms with Gasteiger partial charge in [0.05, 0.1) is 17.8 Å². The average molecular weight is 376 g/mol. The Balaban J connectivity index is 2.00. The molecular weight excluding hydrogens is 357 g/mol. The Bertz CT molecular complexity index is 860. The van der Waals surface area contributed by atoms with Crippen LogP contribution in [0.3, 0.4) is 0 Å². The topological polar surface area (TPSA) is 49.4 Å². The van der Waals surface area contributed by atoms with Crippen LogP contribution in [0.25, 0.3) is 6.08 Å². The lowest BCUT2D eigenvalue weighted by molar-refractivity contribution is -0.137. The molecule has 0 bridgehead atoms. The van der Waals surface area contributed by atoms with Gasteiger partial charge in [-0.3, -0.25) is 9.59 Å². The zero-order chi connectivity index (χ0) is 20.0. The first-order valence-electron chi connectivity index (χ1n) is 8.13. The van der Waals surface area contributed by atoms with Gasteiger partial charge in [0, 0.05) is 13.1 Å². The lowest BCUT2D eigenvalue weighted by Crippen LogP contribution is -2.34. The molecule has 0 spiro atoms. The number of para-hydroxylation sites is 1. The van der Waals surface area contributed by atoms with Crippen molar-refractivity contribution in [2.75, 3.05) is 18.9 Å². The number of anilines is 1. The van der Waals surface area contributed by atoms with E-state index in [1.807, 2.05) is 31.2 Å². The van der Waals surface area contributed by atoms with Gasteiger partial charge in [-0.05, 0) is 36.3 Å². The molecule has 0 aliphatic heterocycles. The molecule has 0 aromatic heterocycles. The minimum atomic E-state index is -4.58. The molecule has 0 radical (unpaired) electrons. The lowest BCUT2D eigenvalue weighted by Gasteiger charge is -2.17. The molecule has 0 fully saturated rings. The van der Waals surface area contributed by atoms with Gasteiger partial charge in [0.15, 0.2) is 0 Å². The Morgan fingerprint density at radius 1 is 1.07 bits per heavy atom. The fraction of sp³-hybridized carbons (Fsp3) is 0.200. The summed E-state index contributed by atoms with van der Waals surface area (Å²) in [5, 5.41) is 2.21. The van der Waals surface area contributed by atoms with E-state index < -0.39 is 23.6 Å². The highest BCUT2D eigenvalue weighted by Crippen LogP contribution is 2.34. The summed E-state index contributed by atoms with van der Waals surface area (Å²) in [6.07, 6.45) is -1.63. The molecule has 1 N–H and O–H groups in total. The Kier molecular flexibility index (Phi) is 6.39. The molecule has 0 heterocycles. The summed E-state index contributed by atoms with van der Waals surface area (Å²) in [5.41, 5.74) is 0.576. The summed E-state index contributed by atoms with van der Waals surface area (Å²) in [6.45, 7) is 1.53. The Labute approximate surface area is 155 Å². The summed E-state index contributed by atoms with van der Waals surface area (Å²) in [6, 6.07) is 12.2. The van der Waals surface area contributed by atoms with Crippen LogP contribution < -0.4 is 5.32 Å². The van der Waals surface area contributed by atoms with Crippen LogP contribution in [0.15, 0.2) is 54.6 Å². The second kappa shape index (κ2) is 8.53. The van der Waals surface area contributed by atoms with Crippen LogP contribution in [-0.4, -0.2) is 30.3 Å². The predicted molar refractivity (Wildman–Crippen MR) is 97.9 cm³/mol. The van der Waals surface area contributed by atoms with E-state index in [1.165, 1.54) is 31.3 Å². The maximum atomic E-state index is 13.0. The van der Waals surface area contributed by atoms with Gasteiger partial charge in [0.1, 0.15) is 0 Å². The van der Waals surface area contributed by atoms with Gasteiger partial charge >= 0.3 is 6.18 Å². The van der Waals surface area contributed by atoms with Gasteiger partial charge in [-0.1, -0.05) is 36.4 Å². The smallest absolute Gasteiger partial charge is 0.333 e. The summed E-state index contributed by atoms with van der Waals surface area (Å²) in [4.78, 5) is 25.3. The van der Waals surface area contributed by atoms with Gasteiger partial charge in [-0.25, -0.2) is 0 Å². The number of hydrogen-bond acceptors (Lipinski definition) is 2. The molecule has 0 aliphatic carbocycles. The molecule has 27 heavy (non-hydrogen) atoms. The van der Waals surface area contributed by atoms with Gasteiger partial charge in [-0.2, -0.15) is 13.2 Å². The van der Waals surface area contributed by atoms with E-state index in [9.17, 15) is 22.8 Å². The number of halogens is 3. The molecule has 2 rings (SSSR count). The average Bonchev–Trinajstić information content (AvgIpc) is 2.60. The van der Waals surface area contributed by atoms with Crippen LogP contribution in [0.1, 0.15) is 16.7 Å². The Morgan fingerprint density at radius 3 is 2.37 bits per heavy atom. The first-order valence-corrected chi connectivity index (χ1v) is 8.13. The first kappa shape index (κ1) is 20.2. The zero-order valence-electron chi connectivity index (χ0n) is 14.9. The largest absolute Gasteiger partial charge is 0.418 e. The molecular formula is C20H19F3N2O2. The number of carbonyl (C=O) groups excluding carboxylic acids is 2. The number of nitrogens with one attached hydrogen (secondary N) is 1.